The second kappa shape index (κ2) is 9.11. The Morgan fingerprint density at radius 1 is 1.26 bits per heavy atom. The minimum Gasteiger partial charge on any atom is -0.449 e. The van der Waals surface area contributed by atoms with Gasteiger partial charge in [0, 0.05) is 41.5 Å². The molecular formula is C23H26N4O3S. The first-order valence-electron chi connectivity index (χ1n) is 10.6. The van der Waals surface area contributed by atoms with Crippen LogP contribution in [0, 0.1) is 6.92 Å². The number of pyridine rings is 1. The minimum absolute atomic E-state index is 0.368. The van der Waals surface area contributed by atoms with Crippen molar-refractivity contribution in [3.8, 4) is 0 Å². The number of carbonyl (C=O) groups excluding carboxylic acids is 2. The maximum atomic E-state index is 13.4. The lowest BCUT2D eigenvalue weighted by Gasteiger charge is -2.29. The van der Waals surface area contributed by atoms with Crippen molar-refractivity contribution in [2.45, 2.75) is 46.3 Å². The van der Waals surface area contributed by atoms with Crippen LogP contribution in [0.25, 0.3) is 10.9 Å². The number of hydrogen-bond donors (Lipinski definition) is 1. The molecule has 3 aromatic rings. The number of carbonyl (C=O) groups is 2. The standard InChI is InChI=1S/C23H26N4O3S/c1-4-19(21(28)26-23-24-14(3)13-31-23)30-22(29)20-15-8-6-7-9-17(15)25-18-10-11-27(5-2)12-16(18)20/h6-9,13,19H,4-5,10-12H2,1-3H3,(H,24,26,28). The lowest BCUT2D eigenvalue weighted by atomic mass is 9.95. The molecule has 3 heterocycles. The smallest absolute Gasteiger partial charge is 0.340 e. The summed E-state index contributed by atoms with van der Waals surface area (Å²) in [6.07, 6.45) is 0.258. The fourth-order valence-electron chi connectivity index (χ4n) is 3.86. The van der Waals surface area contributed by atoms with Gasteiger partial charge in [0.15, 0.2) is 11.2 Å². The molecule has 1 amide bonds. The van der Waals surface area contributed by atoms with Crippen molar-refractivity contribution in [1.29, 1.82) is 0 Å². The van der Waals surface area contributed by atoms with E-state index in [1.54, 1.807) is 0 Å². The Labute approximate surface area is 185 Å². The Morgan fingerprint density at radius 2 is 2.06 bits per heavy atom. The van der Waals surface area contributed by atoms with Crippen molar-refractivity contribution in [3.63, 3.8) is 0 Å². The molecule has 8 heteroatoms. The van der Waals surface area contributed by atoms with Crippen molar-refractivity contribution in [2.75, 3.05) is 18.4 Å². The first-order valence-corrected chi connectivity index (χ1v) is 11.4. The average Bonchev–Trinajstić information content (AvgIpc) is 3.19. The van der Waals surface area contributed by atoms with E-state index < -0.39 is 12.1 Å². The Morgan fingerprint density at radius 3 is 2.77 bits per heavy atom. The zero-order valence-electron chi connectivity index (χ0n) is 18.0. The Balaban J connectivity index is 1.65. The van der Waals surface area contributed by atoms with Crippen LogP contribution in [-0.4, -0.2) is 45.9 Å². The van der Waals surface area contributed by atoms with Gasteiger partial charge >= 0.3 is 5.97 Å². The third kappa shape index (κ3) is 4.45. The van der Waals surface area contributed by atoms with Crippen LogP contribution in [0.1, 0.15) is 47.6 Å². The molecule has 1 aliphatic heterocycles. The summed E-state index contributed by atoms with van der Waals surface area (Å²) in [7, 11) is 0. The number of rotatable bonds is 6. The number of likely N-dealkylation sites (N-methyl/N-ethyl adjacent to an activating group) is 1. The number of amides is 1. The number of thiazole rings is 1. The number of aromatic nitrogens is 2. The molecule has 0 fully saturated rings. The normalized spacial score (nSPS) is 14.8. The highest BCUT2D eigenvalue weighted by atomic mass is 32.1. The molecule has 1 aliphatic rings. The maximum Gasteiger partial charge on any atom is 0.340 e. The average molecular weight is 439 g/mol. The predicted molar refractivity (Wildman–Crippen MR) is 121 cm³/mol. The number of nitrogens with one attached hydrogen (secondary N) is 1. The summed E-state index contributed by atoms with van der Waals surface area (Å²) >= 11 is 1.35. The van der Waals surface area contributed by atoms with E-state index in [1.807, 2.05) is 43.5 Å². The van der Waals surface area contributed by atoms with Gasteiger partial charge in [-0.05, 0) is 26.0 Å². The van der Waals surface area contributed by atoms with E-state index in [4.69, 9.17) is 9.72 Å². The van der Waals surface area contributed by atoms with Crippen LogP contribution in [0.3, 0.4) is 0 Å². The van der Waals surface area contributed by atoms with Crippen LogP contribution < -0.4 is 5.32 Å². The van der Waals surface area contributed by atoms with E-state index in [0.717, 1.165) is 47.4 Å². The highest BCUT2D eigenvalue weighted by molar-refractivity contribution is 7.13. The van der Waals surface area contributed by atoms with Crippen molar-refractivity contribution < 1.29 is 14.3 Å². The van der Waals surface area contributed by atoms with Gasteiger partial charge in [-0.3, -0.25) is 20.0 Å². The van der Waals surface area contributed by atoms with E-state index >= 15 is 0 Å². The molecule has 0 saturated heterocycles. The number of hydrogen-bond acceptors (Lipinski definition) is 7. The second-order valence-corrected chi connectivity index (χ2v) is 8.49. The molecule has 1 N–H and O–H groups in total. The largest absolute Gasteiger partial charge is 0.449 e. The number of esters is 1. The number of nitrogens with zero attached hydrogens (tertiary/aromatic N) is 3. The monoisotopic (exact) mass is 438 g/mol. The summed E-state index contributed by atoms with van der Waals surface area (Å²) < 4.78 is 5.75. The van der Waals surface area contributed by atoms with Crippen LogP contribution in [0.4, 0.5) is 5.13 Å². The molecule has 0 spiro atoms. The van der Waals surface area contributed by atoms with Crippen LogP contribution in [0.15, 0.2) is 29.6 Å². The number of fused-ring (bicyclic) bond motifs is 2. The van der Waals surface area contributed by atoms with E-state index in [0.29, 0.717) is 23.7 Å². The fourth-order valence-corrected chi connectivity index (χ4v) is 4.55. The summed E-state index contributed by atoms with van der Waals surface area (Å²) in [4.78, 5) is 37.5. The van der Waals surface area contributed by atoms with E-state index in [2.05, 4.69) is 22.1 Å². The topological polar surface area (TPSA) is 84.4 Å². The number of benzene rings is 1. The molecular weight excluding hydrogens is 412 g/mol. The van der Waals surface area contributed by atoms with E-state index in [1.165, 1.54) is 11.3 Å². The van der Waals surface area contributed by atoms with Gasteiger partial charge in [-0.2, -0.15) is 0 Å². The van der Waals surface area contributed by atoms with Gasteiger partial charge in [-0.15, -0.1) is 11.3 Å². The Bertz CT molecular complexity index is 1130. The molecule has 1 aromatic carbocycles. The first-order chi connectivity index (χ1) is 15.0. The fraction of sp³-hybridized carbons (Fsp3) is 0.391. The quantitative estimate of drug-likeness (QED) is 0.587. The van der Waals surface area contributed by atoms with Crippen LogP contribution in [-0.2, 0) is 22.5 Å². The van der Waals surface area contributed by atoms with Crippen LogP contribution in [0.2, 0.25) is 0 Å². The summed E-state index contributed by atoms with van der Waals surface area (Å²) in [5.41, 5.74) is 3.97. The first kappa shape index (κ1) is 21.4. The maximum absolute atomic E-state index is 13.4. The third-order valence-electron chi connectivity index (χ3n) is 5.54. The van der Waals surface area contributed by atoms with Gasteiger partial charge in [-0.25, -0.2) is 9.78 Å². The third-order valence-corrected chi connectivity index (χ3v) is 6.41. The molecule has 2 aromatic heterocycles. The minimum atomic E-state index is -0.898. The molecule has 0 saturated carbocycles. The van der Waals surface area contributed by atoms with Gasteiger partial charge in [0.2, 0.25) is 0 Å². The van der Waals surface area contributed by atoms with Crippen LogP contribution >= 0.6 is 11.3 Å². The van der Waals surface area contributed by atoms with Gasteiger partial charge in [0.1, 0.15) is 0 Å². The Hall–Kier alpha value is -2.84. The van der Waals surface area contributed by atoms with Crippen molar-refractivity contribution >= 4 is 39.2 Å². The lowest BCUT2D eigenvalue weighted by Crippen LogP contribution is -2.35. The van der Waals surface area contributed by atoms with Gasteiger partial charge < -0.3 is 4.74 Å². The molecule has 4 rings (SSSR count). The Kier molecular flexibility index (Phi) is 6.29. The van der Waals surface area contributed by atoms with Crippen molar-refractivity contribution in [3.05, 3.63) is 52.2 Å². The van der Waals surface area contributed by atoms with Gasteiger partial charge in [0.05, 0.1) is 16.8 Å². The summed E-state index contributed by atoms with van der Waals surface area (Å²) in [6, 6.07) is 7.61. The molecule has 0 radical (unpaired) electrons. The lowest BCUT2D eigenvalue weighted by molar-refractivity contribution is -0.124. The molecule has 7 nitrogen and oxygen atoms in total. The number of ether oxygens (including phenoxy) is 1. The summed E-state index contributed by atoms with van der Waals surface area (Å²) in [5.74, 6) is -0.849. The molecule has 31 heavy (non-hydrogen) atoms. The van der Waals surface area contributed by atoms with Crippen LogP contribution in [0.5, 0.6) is 0 Å². The zero-order valence-corrected chi connectivity index (χ0v) is 18.8. The number of aryl methyl sites for hydroxylation is 1. The molecule has 0 bridgehead atoms. The van der Waals surface area contributed by atoms with E-state index in [-0.39, 0.29) is 5.91 Å². The number of para-hydroxylation sites is 1. The molecule has 0 aliphatic carbocycles. The summed E-state index contributed by atoms with van der Waals surface area (Å²) in [5, 5.41) is 5.88. The number of anilines is 1. The van der Waals surface area contributed by atoms with Crippen molar-refractivity contribution in [2.24, 2.45) is 0 Å². The molecule has 1 atom stereocenters. The molecule has 162 valence electrons. The van der Waals surface area contributed by atoms with Gasteiger partial charge in [0.25, 0.3) is 5.91 Å². The SMILES string of the molecule is CCC(OC(=O)c1c2c(nc3ccccc13)CCN(CC)C2)C(=O)Nc1nc(C)cs1. The second-order valence-electron chi connectivity index (χ2n) is 7.63. The highest BCUT2D eigenvalue weighted by Gasteiger charge is 2.29. The van der Waals surface area contributed by atoms with Gasteiger partial charge in [-0.1, -0.05) is 32.0 Å². The highest BCUT2D eigenvalue weighted by Crippen LogP contribution is 2.29. The zero-order chi connectivity index (χ0) is 22.0. The molecule has 1 unspecified atom stereocenters. The van der Waals surface area contributed by atoms with E-state index in [9.17, 15) is 9.59 Å². The summed E-state index contributed by atoms with van der Waals surface area (Å²) in [6.45, 7) is 8.25. The predicted octanol–water partition coefficient (Wildman–Crippen LogP) is 3.95. The van der Waals surface area contributed by atoms with Crippen molar-refractivity contribution in [1.82, 2.24) is 14.9 Å².